The molecule has 0 saturated heterocycles. The molecule has 0 spiro atoms. The summed E-state index contributed by atoms with van der Waals surface area (Å²) in [7, 11) is 1.27. The van der Waals surface area contributed by atoms with E-state index in [1.165, 1.54) is 19.2 Å². The maximum atomic E-state index is 14.0. The van der Waals surface area contributed by atoms with Crippen LogP contribution in [0.2, 0.25) is 5.02 Å². The minimum Gasteiger partial charge on any atom is -0.468 e. The Hall–Kier alpha value is -1.43. The van der Waals surface area contributed by atoms with Crippen LogP contribution in [0.5, 0.6) is 0 Å². The molecular weight excluding hydrogens is 301 g/mol. The van der Waals surface area contributed by atoms with Crippen molar-refractivity contribution in [2.45, 2.75) is 12.6 Å². The Morgan fingerprint density at radius 1 is 1.45 bits per heavy atom. The average Bonchev–Trinajstić information content (AvgIpc) is 2.96. The lowest BCUT2D eigenvalue weighted by Crippen LogP contribution is -2.30. The van der Waals surface area contributed by atoms with Gasteiger partial charge in [-0.2, -0.15) is 0 Å². The largest absolute Gasteiger partial charge is 0.468 e. The Labute approximate surface area is 125 Å². The molecule has 1 aromatic carbocycles. The fourth-order valence-electron chi connectivity index (χ4n) is 1.80. The van der Waals surface area contributed by atoms with Crippen LogP contribution in [0.1, 0.15) is 16.5 Å². The molecule has 20 heavy (non-hydrogen) atoms. The first kappa shape index (κ1) is 15.0. The van der Waals surface area contributed by atoms with Gasteiger partial charge in [0.25, 0.3) is 0 Å². The van der Waals surface area contributed by atoms with E-state index < -0.39 is 17.8 Å². The first-order valence-corrected chi connectivity index (χ1v) is 7.16. The fraction of sp³-hybridized carbons (Fsp3) is 0.214. The molecule has 0 fully saturated rings. The van der Waals surface area contributed by atoms with E-state index >= 15 is 0 Å². The summed E-state index contributed by atoms with van der Waals surface area (Å²) >= 11 is 7.30. The number of hydrogen-bond donors (Lipinski definition) is 1. The molecule has 0 aliphatic heterocycles. The lowest BCUT2D eigenvalue weighted by molar-refractivity contribution is -0.143. The van der Waals surface area contributed by atoms with Crippen LogP contribution in [0.3, 0.4) is 0 Å². The molecule has 3 nitrogen and oxygen atoms in total. The first-order chi connectivity index (χ1) is 9.63. The molecule has 2 rings (SSSR count). The van der Waals surface area contributed by atoms with Crippen LogP contribution in [0.25, 0.3) is 0 Å². The lowest BCUT2D eigenvalue weighted by atomic mass is 10.1. The summed E-state index contributed by atoms with van der Waals surface area (Å²) in [6.45, 7) is 0.448. The quantitative estimate of drug-likeness (QED) is 0.858. The predicted molar refractivity (Wildman–Crippen MR) is 77.3 cm³/mol. The number of rotatable bonds is 5. The molecule has 0 bridgehead atoms. The average molecular weight is 314 g/mol. The van der Waals surface area contributed by atoms with Gasteiger partial charge in [-0.1, -0.05) is 29.8 Å². The Morgan fingerprint density at radius 2 is 2.25 bits per heavy atom. The third kappa shape index (κ3) is 3.36. The number of carbonyl (C=O) groups is 1. The van der Waals surface area contributed by atoms with Crippen molar-refractivity contribution < 1.29 is 13.9 Å². The van der Waals surface area contributed by atoms with E-state index in [0.717, 1.165) is 4.88 Å². The summed E-state index contributed by atoms with van der Waals surface area (Å²) < 4.78 is 18.8. The van der Waals surface area contributed by atoms with Gasteiger partial charge in [0.15, 0.2) is 0 Å². The molecule has 0 amide bonds. The van der Waals surface area contributed by atoms with Crippen molar-refractivity contribution in [3.8, 4) is 0 Å². The van der Waals surface area contributed by atoms with E-state index in [2.05, 4.69) is 5.32 Å². The molecule has 2 aromatic rings. The molecule has 6 heteroatoms. The highest BCUT2D eigenvalue weighted by Gasteiger charge is 2.25. The molecule has 0 saturated carbocycles. The second-order valence-corrected chi connectivity index (χ2v) is 5.50. The Bertz CT molecular complexity index is 589. The number of hydrogen-bond acceptors (Lipinski definition) is 4. The minimum atomic E-state index is -0.888. The van der Waals surface area contributed by atoms with Crippen LogP contribution in [-0.2, 0) is 16.1 Å². The summed E-state index contributed by atoms with van der Waals surface area (Å²) in [6, 6.07) is 7.51. The number of methoxy groups -OCH3 is 1. The molecule has 1 heterocycles. The smallest absolute Gasteiger partial charge is 0.327 e. The minimum absolute atomic E-state index is 0.0191. The molecule has 1 atom stereocenters. The highest BCUT2D eigenvalue weighted by atomic mass is 35.5. The van der Waals surface area contributed by atoms with Crippen LogP contribution in [0.4, 0.5) is 4.39 Å². The van der Waals surface area contributed by atoms with Gasteiger partial charge in [-0.3, -0.25) is 5.32 Å². The van der Waals surface area contributed by atoms with Crippen LogP contribution in [0, 0.1) is 5.82 Å². The molecule has 0 aliphatic rings. The molecule has 0 aliphatic carbocycles. The molecule has 1 unspecified atom stereocenters. The lowest BCUT2D eigenvalue weighted by Gasteiger charge is -2.17. The van der Waals surface area contributed by atoms with E-state index in [4.69, 9.17) is 16.3 Å². The first-order valence-electron chi connectivity index (χ1n) is 5.91. The topological polar surface area (TPSA) is 38.3 Å². The second kappa shape index (κ2) is 6.83. The monoisotopic (exact) mass is 313 g/mol. The van der Waals surface area contributed by atoms with Gasteiger partial charge in [-0.05, 0) is 17.5 Å². The van der Waals surface area contributed by atoms with Crippen LogP contribution < -0.4 is 5.32 Å². The fourth-order valence-corrected chi connectivity index (χ4v) is 2.63. The van der Waals surface area contributed by atoms with E-state index in [9.17, 15) is 9.18 Å². The highest BCUT2D eigenvalue weighted by Crippen LogP contribution is 2.25. The molecular formula is C14H13ClFNO2S. The summed E-state index contributed by atoms with van der Waals surface area (Å²) in [4.78, 5) is 12.9. The van der Waals surface area contributed by atoms with Gasteiger partial charge in [-0.25, -0.2) is 9.18 Å². The normalized spacial score (nSPS) is 12.2. The van der Waals surface area contributed by atoms with Crippen LogP contribution in [0.15, 0.2) is 35.7 Å². The third-order valence-electron chi connectivity index (χ3n) is 2.79. The van der Waals surface area contributed by atoms with E-state index in [0.29, 0.717) is 6.54 Å². The number of ether oxygens (including phenoxy) is 1. The van der Waals surface area contributed by atoms with Crippen molar-refractivity contribution in [1.82, 2.24) is 5.32 Å². The van der Waals surface area contributed by atoms with Crippen molar-refractivity contribution in [2.75, 3.05) is 7.11 Å². The number of carbonyl (C=O) groups excluding carboxylic acids is 1. The number of nitrogens with one attached hydrogen (secondary N) is 1. The summed E-state index contributed by atoms with van der Waals surface area (Å²) in [5.74, 6) is -1.16. The van der Waals surface area contributed by atoms with Crippen LogP contribution >= 0.6 is 22.9 Å². The zero-order chi connectivity index (χ0) is 14.5. The zero-order valence-electron chi connectivity index (χ0n) is 10.7. The Kier molecular flexibility index (Phi) is 5.11. The summed E-state index contributed by atoms with van der Waals surface area (Å²) in [6.07, 6.45) is 0. The highest BCUT2D eigenvalue weighted by molar-refractivity contribution is 7.09. The van der Waals surface area contributed by atoms with Gasteiger partial charge < -0.3 is 4.74 Å². The van der Waals surface area contributed by atoms with Gasteiger partial charge in [0.05, 0.1) is 12.1 Å². The van der Waals surface area contributed by atoms with Gasteiger partial charge in [0.1, 0.15) is 11.9 Å². The number of esters is 1. The molecule has 1 N–H and O–H groups in total. The Balaban J connectivity index is 2.23. The zero-order valence-corrected chi connectivity index (χ0v) is 12.3. The van der Waals surface area contributed by atoms with E-state index in [1.807, 2.05) is 17.5 Å². The molecule has 0 radical (unpaired) electrons. The Morgan fingerprint density at radius 3 is 2.90 bits per heavy atom. The number of benzene rings is 1. The van der Waals surface area contributed by atoms with Gasteiger partial charge in [0, 0.05) is 17.0 Å². The van der Waals surface area contributed by atoms with Crippen molar-refractivity contribution in [2.24, 2.45) is 0 Å². The van der Waals surface area contributed by atoms with Gasteiger partial charge in [0.2, 0.25) is 0 Å². The van der Waals surface area contributed by atoms with Crippen LogP contribution in [-0.4, -0.2) is 13.1 Å². The maximum absolute atomic E-state index is 14.0. The molecule has 106 valence electrons. The summed E-state index contributed by atoms with van der Waals surface area (Å²) in [5.41, 5.74) is 0.181. The SMILES string of the molecule is COC(=O)C(NCc1cccs1)c1cccc(Cl)c1F. The van der Waals surface area contributed by atoms with Crippen molar-refractivity contribution >= 4 is 28.9 Å². The summed E-state index contributed by atoms with van der Waals surface area (Å²) in [5, 5.41) is 4.91. The molecule has 1 aromatic heterocycles. The number of thiophene rings is 1. The number of halogens is 2. The van der Waals surface area contributed by atoms with E-state index in [1.54, 1.807) is 17.4 Å². The third-order valence-corrected chi connectivity index (χ3v) is 3.96. The van der Waals surface area contributed by atoms with Crippen molar-refractivity contribution in [1.29, 1.82) is 0 Å². The predicted octanol–water partition coefficient (Wildman–Crippen LogP) is 3.54. The van der Waals surface area contributed by atoms with Crippen molar-refractivity contribution in [3.05, 3.63) is 57.0 Å². The van der Waals surface area contributed by atoms with Crippen molar-refractivity contribution in [3.63, 3.8) is 0 Å². The van der Waals surface area contributed by atoms with E-state index in [-0.39, 0.29) is 10.6 Å². The van der Waals surface area contributed by atoms with Gasteiger partial charge >= 0.3 is 5.97 Å². The second-order valence-electron chi connectivity index (χ2n) is 4.06. The van der Waals surface area contributed by atoms with Gasteiger partial charge in [-0.15, -0.1) is 11.3 Å². The standard InChI is InChI=1S/C14H13ClFNO2S/c1-19-14(18)13(17-8-9-4-3-7-20-9)10-5-2-6-11(15)12(10)16/h2-7,13,17H,8H2,1H3. The maximum Gasteiger partial charge on any atom is 0.327 e.